The normalized spacial score (nSPS) is 11.7. The number of nitrogens with zero attached hydrogens (tertiary/aromatic N) is 1. The molecule has 0 spiro atoms. The Morgan fingerprint density at radius 1 is 1.23 bits per heavy atom. The fourth-order valence-electron chi connectivity index (χ4n) is 2.20. The first-order valence-electron chi connectivity index (χ1n) is 7.75. The summed E-state index contributed by atoms with van der Waals surface area (Å²) >= 11 is 0. The maximum atomic E-state index is 12.0. The van der Waals surface area contributed by atoms with Crippen molar-refractivity contribution in [1.29, 1.82) is 0 Å². The average Bonchev–Trinajstić information content (AvgIpc) is 2.56. The summed E-state index contributed by atoms with van der Waals surface area (Å²) in [6.45, 7) is 4.89. The van der Waals surface area contributed by atoms with Crippen LogP contribution in [-0.4, -0.2) is 17.4 Å². The van der Waals surface area contributed by atoms with E-state index in [1.54, 1.807) is 12.4 Å². The molecule has 1 amide bonds. The van der Waals surface area contributed by atoms with E-state index in [1.165, 1.54) is 5.56 Å². The average molecular weight is 297 g/mol. The predicted molar refractivity (Wildman–Crippen MR) is 90.0 cm³/mol. The number of amides is 1. The second-order valence-electron chi connectivity index (χ2n) is 5.35. The van der Waals surface area contributed by atoms with Crippen LogP contribution in [-0.2, 0) is 0 Å². The number of anilines is 1. The van der Waals surface area contributed by atoms with Gasteiger partial charge in [0.25, 0.3) is 5.91 Å². The highest BCUT2D eigenvalue weighted by molar-refractivity contribution is 5.94. The lowest BCUT2D eigenvalue weighted by Crippen LogP contribution is -2.24. The maximum absolute atomic E-state index is 12.0. The molecule has 0 saturated heterocycles. The number of pyridine rings is 1. The molecular formula is C18H23N3O. The van der Waals surface area contributed by atoms with Crippen molar-refractivity contribution >= 4 is 11.6 Å². The Hall–Kier alpha value is -2.36. The minimum Gasteiger partial charge on any atom is -0.377 e. The van der Waals surface area contributed by atoms with Gasteiger partial charge in [-0.3, -0.25) is 9.78 Å². The van der Waals surface area contributed by atoms with Gasteiger partial charge >= 0.3 is 0 Å². The minimum absolute atomic E-state index is 0.0723. The number of benzene rings is 1. The summed E-state index contributed by atoms with van der Waals surface area (Å²) in [5, 5.41) is 6.28. The largest absolute Gasteiger partial charge is 0.377 e. The fourth-order valence-corrected chi connectivity index (χ4v) is 2.20. The molecule has 0 fully saturated rings. The van der Waals surface area contributed by atoms with Gasteiger partial charge in [0.2, 0.25) is 0 Å². The van der Waals surface area contributed by atoms with E-state index in [0.717, 1.165) is 18.5 Å². The summed E-state index contributed by atoms with van der Waals surface area (Å²) in [5.41, 5.74) is 2.63. The first-order valence-corrected chi connectivity index (χ1v) is 7.75. The molecule has 0 aliphatic carbocycles. The Morgan fingerprint density at radius 3 is 2.73 bits per heavy atom. The zero-order chi connectivity index (χ0) is 15.8. The van der Waals surface area contributed by atoms with Crippen LogP contribution in [0.4, 0.5) is 5.69 Å². The molecule has 1 heterocycles. The van der Waals surface area contributed by atoms with Crippen molar-refractivity contribution in [3.8, 4) is 0 Å². The predicted octanol–water partition coefficient (Wildman–Crippen LogP) is 3.78. The molecule has 22 heavy (non-hydrogen) atoms. The molecule has 4 heteroatoms. The van der Waals surface area contributed by atoms with Crippen molar-refractivity contribution < 1.29 is 4.79 Å². The highest BCUT2D eigenvalue weighted by Crippen LogP contribution is 2.19. The number of aromatic nitrogens is 1. The second kappa shape index (κ2) is 8.17. The molecule has 2 aromatic rings. The van der Waals surface area contributed by atoms with Crippen LogP contribution in [0.2, 0.25) is 0 Å². The monoisotopic (exact) mass is 297 g/mol. The van der Waals surface area contributed by atoms with Gasteiger partial charge in [-0.2, -0.15) is 0 Å². The molecular weight excluding hydrogens is 274 g/mol. The maximum Gasteiger partial charge on any atom is 0.252 e. The number of carbonyl (C=O) groups is 1. The van der Waals surface area contributed by atoms with Gasteiger partial charge in [-0.1, -0.05) is 43.7 Å². The number of unbranched alkanes of at least 4 members (excludes halogenated alkanes) is 1. The summed E-state index contributed by atoms with van der Waals surface area (Å²) in [4.78, 5) is 16.2. The van der Waals surface area contributed by atoms with Crippen LogP contribution in [0.3, 0.4) is 0 Å². The lowest BCUT2D eigenvalue weighted by Gasteiger charge is -2.16. The molecule has 0 saturated carbocycles. The van der Waals surface area contributed by atoms with Crippen molar-refractivity contribution in [1.82, 2.24) is 10.3 Å². The van der Waals surface area contributed by atoms with Gasteiger partial charge in [0, 0.05) is 25.0 Å². The molecule has 1 atom stereocenters. The third-order valence-electron chi connectivity index (χ3n) is 3.50. The quantitative estimate of drug-likeness (QED) is 0.765. The van der Waals surface area contributed by atoms with Gasteiger partial charge in [0.1, 0.15) is 0 Å². The van der Waals surface area contributed by atoms with E-state index >= 15 is 0 Å². The van der Waals surface area contributed by atoms with Crippen LogP contribution >= 0.6 is 0 Å². The van der Waals surface area contributed by atoms with Crippen molar-refractivity contribution in [2.24, 2.45) is 0 Å². The summed E-state index contributed by atoms with van der Waals surface area (Å²) in [6.07, 6.45) is 5.39. The molecule has 0 bridgehead atoms. The van der Waals surface area contributed by atoms with Gasteiger partial charge in [-0.25, -0.2) is 0 Å². The van der Waals surface area contributed by atoms with Crippen LogP contribution in [0.1, 0.15) is 48.7 Å². The van der Waals surface area contributed by atoms with Gasteiger partial charge in [-0.05, 0) is 25.0 Å². The second-order valence-corrected chi connectivity index (χ2v) is 5.35. The number of hydrogen-bond acceptors (Lipinski definition) is 3. The van der Waals surface area contributed by atoms with E-state index < -0.39 is 0 Å². The summed E-state index contributed by atoms with van der Waals surface area (Å²) < 4.78 is 0. The first kappa shape index (κ1) is 16.0. The molecule has 0 aliphatic heterocycles. The van der Waals surface area contributed by atoms with E-state index in [4.69, 9.17) is 0 Å². The fraction of sp³-hybridized carbons (Fsp3) is 0.333. The Morgan fingerprint density at radius 2 is 2.00 bits per heavy atom. The number of nitrogens with one attached hydrogen (secondary N) is 2. The number of carbonyl (C=O) groups excluding carboxylic acids is 1. The standard InChI is InChI=1S/C18H23N3O/c1-3-4-10-20-18(22)16-11-17(13-19-12-16)21-14(2)15-8-6-5-7-9-15/h5-9,11-14,21H,3-4,10H2,1-2H3,(H,20,22). The summed E-state index contributed by atoms with van der Waals surface area (Å²) in [7, 11) is 0. The van der Waals surface area contributed by atoms with Crippen molar-refractivity contribution in [2.75, 3.05) is 11.9 Å². The molecule has 1 aromatic carbocycles. The molecule has 116 valence electrons. The molecule has 1 unspecified atom stereocenters. The SMILES string of the molecule is CCCCNC(=O)c1cncc(NC(C)c2ccccc2)c1. The molecule has 2 N–H and O–H groups in total. The Kier molecular flexibility index (Phi) is 5.95. The van der Waals surface area contributed by atoms with Crippen LogP contribution in [0, 0.1) is 0 Å². The number of rotatable bonds is 7. The van der Waals surface area contributed by atoms with Crippen molar-refractivity contribution in [3.63, 3.8) is 0 Å². The van der Waals surface area contributed by atoms with Gasteiger partial charge in [-0.15, -0.1) is 0 Å². The highest BCUT2D eigenvalue weighted by atomic mass is 16.1. The molecule has 0 radical (unpaired) electrons. The van der Waals surface area contributed by atoms with E-state index in [0.29, 0.717) is 12.1 Å². The van der Waals surface area contributed by atoms with E-state index in [1.807, 2.05) is 24.3 Å². The van der Waals surface area contributed by atoms with Crippen molar-refractivity contribution in [3.05, 3.63) is 59.9 Å². The molecule has 4 nitrogen and oxygen atoms in total. The summed E-state index contributed by atoms with van der Waals surface area (Å²) in [5.74, 6) is -0.0723. The van der Waals surface area contributed by atoms with Crippen molar-refractivity contribution in [2.45, 2.75) is 32.7 Å². The first-order chi connectivity index (χ1) is 10.7. The Bertz CT molecular complexity index is 598. The zero-order valence-corrected chi connectivity index (χ0v) is 13.2. The third-order valence-corrected chi connectivity index (χ3v) is 3.50. The highest BCUT2D eigenvalue weighted by Gasteiger charge is 2.09. The zero-order valence-electron chi connectivity index (χ0n) is 13.2. The van der Waals surface area contributed by atoms with E-state index in [2.05, 4.69) is 41.6 Å². The van der Waals surface area contributed by atoms with Gasteiger partial charge in [0.05, 0.1) is 11.3 Å². The van der Waals surface area contributed by atoms with Gasteiger partial charge < -0.3 is 10.6 Å². The van der Waals surface area contributed by atoms with Gasteiger partial charge in [0.15, 0.2) is 0 Å². The van der Waals surface area contributed by atoms with Crippen LogP contribution in [0.25, 0.3) is 0 Å². The molecule has 0 aliphatic rings. The Labute approximate surface area is 132 Å². The van der Waals surface area contributed by atoms with Crippen LogP contribution < -0.4 is 10.6 Å². The van der Waals surface area contributed by atoms with Crippen LogP contribution in [0.15, 0.2) is 48.8 Å². The Balaban J connectivity index is 2.00. The minimum atomic E-state index is -0.0723. The van der Waals surface area contributed by atoms with E-state index in [-0.39, 0.29) is 11.9 Å². The smallest absolute Gasteiger partial charge is 0.252 e. The molecule has 1 aromatic heterocycles. The van der Waals surface area contributed by atoms with Crippen LogP contribution in [0.5, 0.6) is 0 Å². The van der Waals surface area contributed by atoms with E-state index in [9.17, 15) is 4.79 Å². The number of hydrogen-bond donors (Lipinski definition) is 2. The topological polar surface area (TPSA) is 54.0 Å². The summed E-state index contributed by atoms with van der Waals surface area (Å²) in [6, 6.07) is 12.2. The lowest BCUT2D eigenvalue weighted by molar-refractivity contribution is 0.0953. The molecule has 2 rings (SSSR count). The third kappa shape index (κ3) is 4.58. The lowest BCUT2D eigenvalue weighted by atomic mass is 10.1.